The SMILES string of the molecule is O=C(Nc1ccccc1)OCc1c(O)c(O)c2cc3c(cc2c1O)C(=O)c1ccccc1C3=O. The number of carbonyl (C=O) groups excluding carboxylic acids is 3. The molecule has 34 heavy (non-hydrogen) atoms. The number of benzene rings is 4. The van der Waals surface area contributed by atoms with Gasteiger partial charge in [-0.05, 0) is 24.3 Å². The van der Waals surface area contributed by atoms with Crippen molar-refractivity contribution in [1.82, 2.24) is 0 Å². The zero-order chi connectivity index (χ0) is 24.0. The van der Waals surface area contributed by atoms with Crippen LogP contribution in [0.4, 0.5) is 10.5 Å². The number of hydrogen-bond donors (Lipinski definition) is 4. The van der Waals surface area contributed by atoms with E-state index in [-0.39, 0.29) is 38.6 Å². The summed E-state index contributed by atoms with van der Waals surface area (Å²) in [4.78, 5) is 38.1. The molecule has 0 bridgehead atoms. The van der Waals surface area contributed by atoms with Crippen LogP contribution < -0.4 is 5.32 Å². The number of rotatable bonds is 3. The average molecular weight is 455 g/mol. The van der Waals surface area contributed by atoms with Crippen LogP contribution in [0.15, 0.2) is 66.7 Å². The maximum absolute atomic E-state index is 13.0. The number of phenolic OH excluding ortho intramolecular Hbond substituents is 3. The lowest BCUT2D eigenvalue weighted by atomic mass is 9.82. The topological polar surface area (TPSA) is 133 Å². The number of aromatic hydroxyl groups is 3. The molecule has 168 valence electrons. The van der Waals surface area contributed by atoms with Crippen molar-refractivity contribution in [3.8, 4) is 17.2 Å². The minimum absolute atomic E-state index is 0.0215. The summed E-state index contributed by atoms with van der Waals surface area (Å²) in [7, 11) is 0. The van der Waals surface area contributed by atoms with E-state index in [0.717, 1.165) is 0 Å². The fourth-order valence-corrected chi connectivity index (χ4v) is 4.03. The zero-order valence-electron chi connectivity index (χ0n) is 17.5. The number of ketones is 2. The smallest absolute Gasteiger partial charge is 0.411 e. The third-order valence-electron chi connectivity index (χ3n) is 5.74. The van der Waals surface area contributed by atoms with Crippen molar-refractivity contribution < 1.29 is 34.4 Å². The van der Waals surface area contributed by atoms with Crippen LogP contribution >= 0.6 is 0 Å². The van der Waals surface area contributed by atoms with Crippen LogP contribution in [-0.4, -0.2) is 33.0 Å². The second-order valence-electron chi connectivity index (χ2n) is 7.74. The quantitative estimate of drug-likeness (QED) is 0.233. The van der Waals surface area contributed by atoms with Gasteiger partial charge in [-0.15, -0.1) is 0 Å². The number of anilines is 1. The molecule has 0 radical (unpaired) electrons. The van der Waals surface area contributed by atoms with Crippen LogP contribution in [0.2, 0.25) is 0 Å². The Morgan fingerprint density at radius 1 is 0.706 bits per heavy atom. The molecule has 0 atom stereocenters. The highest BCUT2D eigenvalue weighted by molar-refractivity contribution is 6.29. The van der Waals surface area contributed by atoms with Crippen molar-refractivity contribution in [3.63, 3.8) is 0 Å². The van der Waals surface area contributed by atoms with Crippen LogP contribution in [0.25, 0.3) is 10.8 Å². The van der Waals surface area contributed by atoms with Crippen LogP contribution in [0.5, 0.6) is 17.2 Å². The second-order valence-corrected chi connectivity index (χ2v) is 7.74. The molecule has 0 saturated carbocycles. The number of amides is 1. The molecule has 4 aromatic carbocycles. The minimum Gasteiger partial charge on any atom is -0.507 e. The first-order chi connectivity index (χ1) is 16.4. The van der Waals surface area contributed by atoms with E-state index >= 15 is 0 Å². The van der Waals surface area contributed by atoms with Crippen molar-refractivity contribution in [2.24, 2.45) is 0 Å². The Morgan fingerprint density at radius 3 is 1.82 bits per heavy atom. The van der Waals surface area contributed by atoms with Crippen LogP contribution in [0.1, 0.15) is 37.4 Å². The Bertz CT molecular complexity index is 1510. The minimum atomic E-state index is -0.840. The van der Waals surface area contributed by atoms with Gasteiger partial charge in [0.2, 0.25) is 0 Å². The van der Waals surface area contributed by atoms with E-state index < -0.39 is 41.5 Å². The molecule has 0 aliphatic heterocycles. The normalized spacial score (nSPS) is 12.2. The molecule has 4 aromatic rings. The molecule has 0 fully saturated rings. The van der Waals surface area contributed by atoms with Crippen molar-refractivity contribution >= 4 is 34.1 Å². The van der Waals surface area contributed by atoms with Gasteiger partial charge in [-0.1, -0.05) is 42.5 Å². The summed E-state index contributed by atoms with van der Waals surface area (Å²) in [6, 6.07) is 17.5. The molecular formula is C26H17NO7. The summed E-state index contributed by atoms with van der Waals surface area (Å²) >= 11 is 0. The van der Waals surface area contributed by atoms with Gasteiger partial charge in [0.25, 0.3) is 0 Å². The van der Waals surface area contributed by atoms with E-state index in [4.69, 9.17) is 4.74 Å². The number of nitrogens with one attached hydrogen (secondary N) is 1. The maximum Gasteiger partial charge on any atom is 0.411 e. The molecule has 1 aliphatic carbocycles. The van der Waals surface area contributed by atoms with Gasteiger partial charge >= 0.3 is 6.09 Å². The van der Waals surface area contributed by atoms with Crippen molar-refractivity contribution in [1.29, 1.82) is 0 Å². The molecular weight excluding hydrogens is 438 g/mol. The number of fused-ring (bicyclic) bond motifs is 3. The largest absolute Gasteiger partial charge is 0.507 e. The van der Waals surface area contributed by atoms with Gasteiger partial charge < -0.3 is 20.1 Å². The van der Waals surface area contributed by atoms with Crippen LogP contribution in [0, 0.1) is 0 Å². The summed E-state index contributed by atoms with van der Waals surface area (Å²) in [5.41, 5.74) is 0.826. The second kappa shape index (κ2) is 7.93. The molecule has 0 saturated heterocycles. The Hall–Kier alpha value is -4.85. The van der Waals surface area contributed by atoms with E-state index in [1.54, 1.807) is 54.6 Å². The van der Waals surface area contributed by atoms with Gasteiger partial charge in [0, 0.05) is 38.7 Å². The van der Waals surface area contributed by atoms with Crippen molar-refractivity contribution in [2.75, 3.05) is 5.32 Å². The summed E-state index contributed by atoms with van der Waals surface area (Å²) < 4.78 is 5.09. The molecule has 0 aromatic heterocycles. The van der Waals surface area contributed by atoms with Gasteiger partial charge in [-0.2, -0.15) is 0 Å². The summed E-state index contributed by atoms with van der Waals surface area (Å²) in [5.74, 6) is -2.61. The van der Waals surface area contributed by atoms with Gasteiger partial charge in [-0.3, -0.25) is 14.9 Å². The fourth-order valence-electron chi connectivity index (χ4n) is 4.03. The lowest BCUT2D eigenvalue weighted by molar-refractivity contribution is 0.0979. The van der Waals surface area contributed by atoms with Crippen LogP contribution in [0.3, 0.4) is 0 Å². The van der Waals surface area contributed by atoms with E-state index in [2.05, 4.69) is 5.32 Å². The number of para-hydroxylation sites is 1. The predicted molar refractivity (Wildman–Crippen MR) is 122 cm³/mol. The van der Waals surface area contributed by atoms with E-state index in [1.165, 1.54) is 12.1 Å². The standard InChI is InChI=1S/C26H17NO7/c28-21-14-8-4-5-9-15(14)22(29)17-11-19-18(10-16(17)21)23(30)20(25(32)24(19)31)12-34-26(33)27-13-6-2-1-3-7-13/h1-11,30-32H,12H2,(H,27,33). The molecule has 0 spiro atoms. The first-order valence-corrected chi connectivity index (χ1v) is 10.3. The molecule has 1 aliphatic rings. The molecule has 8 heteroatoms. The molecule has 5 rings (SSSR count). The first kappa shape index (κ1) is 21.0. The van der Waals surface area contributed by atoms with Crippen molar-refractivity contribution in [2.45, 2.75) is 6.61 Å². The fraction of sp³-hybridized carbons (Fsp3) is 0.0385. The van der Waals surface area contributed by atoms with Crippen molar-refractivity contribution in [3.05, 3.63) is 94.5 Å². The first-order valence-electron chi connectivity index (χ1n) is 10.3. The Labute approximate surface area is 192 Å². The summed E-state index contributed by atoms with van der Waals surface area (Å²) in [6.45, 7) is -0.563. The highest BCUT2D eigenvalue weighted by Gasteiger charge is 2.31. The third-order valence-corrected chi connectivity index (χ3v) is 5.74. The van der Waals surface area contributed by atoms with E-state index in [1.807, 2.05) is 0 Å². The van der Waals surface area contributed by atoms with E-state index in [0.29, 0.717) is 5.69 Å². The molecule has 0 heterocycles. The van der Waals surface area contributed by atoms with Gasteiger partial charge in [0.15, 0.2) is 23.1 Å². The lowest BCUT2D eigenvalue weighted by Gasteiger charge is -2.20. The highest BCUT2D eigenvalue weighted by Crippen LogP contribution is 2.46. The third kappa shape index (κ3) is 3.29. The maximum atomic E-state index is 13.0. The Kier molecular flexibility index (Phi) is 4.90. The molecule has 8 nitrogen and oxygen atoms in total. The average Bonchev–Trinajstić information content (AvgIpc) is 2.85. The van der Waals surface area contributed by atoms with Gasteiger partial charge in [-0.25, -0.2) is 4.79 Å². The van der Waals surface area contributed by atoms with E-state index in [9.17, 15) is 29.7 Å². The van der Waals surface area contributed by atoms with Gasteiger partial charge in [0.1, 0.15) is 12.4 Å². The Balaban J connectivity index is 1.53. The predicted octanol–water partition coefficient (Wildman–Crippen LogP) is 4.48. The molecule has 4 N–H and O–H groups in total. The Morgan fingerprint density at radius 2 is 1.24 bits per heavy atom. The number of ether oxygens (including phenoxy) is 1. The monoisotopic (exact) mass is 455 g/mol. The number of hydrogen-bond acceptors (Lipinski definition) is 7. The zero-order valence-corrected chi connectivity index (χ0v) is 17.5. The number of carbonyl (C=O) groups is 3. The van der Waals surface area contributed by atoms with Crippen LogP contribution in [-0.2, 0) is 11.3 Å². The summed E-state index contributed by atoms with van der Waals surface area (Å²) in [6.07, 6.45) is -0.840. The molecule has 0 unspecified atom stereocenters. The molecule has 1 amide bonds. The van der Waals surface area contributed by atoms with Gasteiger partial charge in [0.05, 0.1) is 5.56 Å². The summed E-state index contributed by atoms with van der Waals surface area (Å²) in [5, 5.41) is 34.4. The lowest BCUT2D eigenvalue weighted by Crippen LogP contribution is -2.20. The highest BCUT2D eigenvalue weighted by atomic mass is 16.5. The number of phenols is 3.